The van der Waals surface area contributed by atoms with Crippen LogP contribution in [-0.4, -0.2) is 82.8 Å². The van der Waals surface area contributed by atoms with E-state index in [1.165, 1.54) is 0 Å². The van der Waals surface area contributed by atoms with E-state index in [1.807, 2.05) is 27.7 Å². The van der Waals surface area contributed by atoms with Gasteiger partial charge in [-0.15, -0.1) is 0 Å². The highest BCUT2D eigenvalue weighted by Crippen LogP contribution is 2.45. The third kappa shape index (κ3) is 7.29. The molecule has 28 heavy (non-hydrogen) atoms. The molecule has 0 amide bonds. The summed E-state index contributed by atoms with van der Waals surface area (Å²) in [6.45, 7) is 7.31. The number of phosphoric acid groups is 1. The topological polar surface area (TPSA) is 95.5 Å². The summed E-state index contributed by atoms with van der Waals surface area (Å²) in [5.41, 5.74) is 0. The van der Waals surface area contributed by atoms with E-state index < -0.39 is 43.4 Å². The van der Waals surface area contributed by atoms with Crippen LogP contribution in [0.25, 0.3) is 0 Å². The smallest absolute Gasteiger partial charge is 0.268 e. The first kappa shape index (κ1) is 24.7. The summed E-state index contributed by atoms with van der Waals surface area (Å²) >= 11 is 4.31. The van der Waals surface area contributed by atoms with Crippen LogP contribution in [0.1, 0.15) is 34.1 Å². The second kappa shape index (κ2) is 10.6. The highest BCUT2D eigenvalue weighted by atomic mass is 32.1. The fourth-order valence-corrected chi connectivity index (χ4v) is 4.42. The molecule has 0 aliphatic carbocycles. The molecule has 0 saturated carbocycles. The molecule has 0 spiro atoms. The average Bonchev–Trinajstić information content (AvgIpc) is 3.04. The Morgan fingerprint density at radius 2 is 1.82 bits per heavy atom. The summed E-state index contributed by atoms with van der Waals surface area (Å²) < 4.78 is 44.8. The van der Waals surface area contributed by atoms with Crippen LogP contribution in [0.2, 0.25) is 0 Å². The minimum atomic E-state index is -4.69. The summed E-state index contributed by atoms with van der Waals surface area (Å²) in [5.74, 6) is 0. The van der Waals surface area contributed by atoms with Gasteiger partial charge in [0.2, 0.25) is 0 Å². The summed E-state index contributed by atoms with van der Waals surface area (Å²) in [6, 6.07) is -1.32. The van der Waals surface area contributed by atoms with Crippen LogP contribution < -0.4 is 4.89 Å². The molecular formula is C16H28B2O8PS-. The zero-order chi connectivity index (χ0) is 21.1. The van der Waals surface area contributed by atoms with Gasteiger partial charge in [0.25, 0.3) is 7.82 Å². The van der Waals surface area contributed by atoms with Crippen LogP contribution in [0, 0.1) is 0 Å². The average molecular weight is 433 g/mol. The molecule has 2 rings (SSSR count). The number of thiol groups is 1. The second-order valence-electron chi connectivity index (χ2n) is 7.50. The number of rotatable bonds is 10. The van der Waals surface area contributed by atoms with Gasteiger partial charge in [0.15, 0.2) is 0 Å². The van der Waals surface area contributed by atoms with Crippen LogP contribution in [0.3, 0.4) is 0 Å². The predicted molar refractivity (Wildman–Crippen MR) is 106 cm³/mol. The van der Waals surface area contributed by atoms with E-state index in [-0.39, 0.29) is 31.5 Å². The van der Waals surface area contributed by atoms with E-state index in [0.29, 0.717) is 6.42 Å². The number of hydrogen-bond acceptors (Lipinski definition) is 9. The molecule has 2 saturated heterocycles. The Morgan fingerprint density at radius 1 is 1.14 bits per heavy atom. The highest BCUT2D eigenvalue weighted by molar-refractivity contribution is 7.81. The first-order chi connectivity index (χ1) is 13.0. The maximum absolute atomic E-state index is 12.4. The van der Waals surface area contributed by atoms with Gasteiger partial charge in [0, 0.05) is 17.3 Å². The molecule has 2 heterocycles. The molecule has 0 bridgehead atoms. The van der Waals surface area contributed by atoms with Crippen molar-refractivity contribution in [2.75, 3.05) is 13.2 Å². The number of ether oxygens (including phenoxy) is 4. The molecule has 158 valence electrons. The van der Waals surface area contributed by atoms with Crippen molar-refractivity contribution in [3.05, 3.63) is 0 Å². The minimum Gasteiger partial charge on any atom is -0.756 e. The maximum atomic E-state index is 12.4. The van der Waals surface area contributed by atoms with Gasteiger partial charge < -0.3 is 32.9 Å². The Kier molecular flexibility index (Phi) is 9.39. The third-order valence-corrected chi connectivity index (χ3v) is 5.84. The van der Waals surface area contributed by atoms with E-state index in [9.17, 15) is 9.46 Å². The second-order valence-corrected chi connectivity index (χ2v) is 9.46. The molecule has 8 atom stereocenters. The molecule has 8 nitrogen and oxygen atoms in total. The quantitative estimate of drug-likeness (QED) is 0.304. The van der Waals surface area contributed by atoms with E-state index >= 15 is 0 Å². The van der Waals surface area contributed by atoms with Crippen LogP contribution in [0.4, 0.5) is 0 Å². The lowest BCUT2D eigenvalue weighted by molar-refractivity contribution is -0.234. The molecule has 4 radical (unpaired) electrons. The molecule has 2 fully saturated rings. The molecule has 0 aromatic heterocycles. The first-order valence-electron chi connectivity index (χ1n) is 9.39. The summed E-state index contributed by atoms with van der Waals surface area (Å²) in [7, 11) is 6.91. The van der Waals surface area contributed by atoms with E-state index in [4.69, 9.17) is 43.7 Å². The lowest BCUT2D eigenvalue weighted by Gasteiger charge is -2.31. The van der Waals surface area contributed by atoms with Crippen molar-refractivity contribution in [1.82, 2.24) is 0 Å². The maximum Gasteiger partial charge on any atom is 0.268 e. The summed E-state index contributed by atoms with van der Waals surface area (Å²) in [5, 5.41) is -0.653. The molecular weight excluding hydrogens is 405 g/mol. The molecule has 4 unspecified atom stereocenters. The Morgan fingerprint density at radius 3 is 2.43 bits per heavy atom. The molecule has 2 aliphatic heterocycles. The van der Waals surface area contributed by atoms with E-state index in [2.05, 4.69) is 12.6 Å². The van der Waals surface area contributed by atoms with Crippen molar-refractivity contribution in [1.29, 1.82) is 0 Å². The van der Waals surface area contributed by atoms with Gasteiger partial charge in [-0.05, 0) is 34.1 Å². The van der Waals surface area contributed by atoms with Crippen molar-refractivity contribution >= 4 is 36.1 Å². The van der Waals surface area contributed by atoms with Gasteiger partial charge in [0.1, 0.15) is 34.0 Å². The van der Waals surface area contributed by atoms with Gasteiger partial charge in [-0.25, -0.2) is 0 Å². The van der Waals surface area contributed by atoms with Crippen molar-refractivity contribution in [3.8, 4) is 0 Å². The molecule has 12 heteroatoms. The zero-order valence-corrected chi connectivity index (χ0v) is 18.4. The Labute approximate surface area is 175 Å². The van der Waals surface area contributed by atoms with Crippen molar-refractivity contribution < 1.29 is 37.5 Å². The lowest BCUT2D eigenvalue weighted by atomic mass is 9.95. The minimum absolute atomic E-state index is 0.0551. The lowest BCUT2D eigenvalue weighted by Crippen LogP contribution is -2.37. The number of phosphoric ester groups is 1. The van der Waals surface area contributed by atoms with Crippen molar-refractivity contribution in [3.63, 3.8) is 0 Å². The first-order valence-corrected chi connectivity index (χ1v) is 11.4. The Bertz CT molecular complexity index is 543. The van der Waals surface area contributed by atoms with Gasteiger partial charge in [-0.1, -0.05) is 0 Å². The Balaban J connectivity index is 1.93. The van der Waals surface area contributed by atoms with Crippen molar-refractivity contribution in [2.45, 2.75) is 88.0 Å². The Hall–Kier alpha value is 0.430. The van der Waals surface area contributed by atoms with Crippen LogP contribution in [0.15, 0.2) is 0 Å². The standard InChI is InChI=1S/C16H29B2O8PS/c1-8(2)21-6-12-14(15(28)16(18)25-12)26-27(19,20)22-7-11-10(23-9(3)4)5-13(17)24-11/h8-16,28H,5-7H2,1-4H3,(H,19,20)/p-1/t10?,11-,12-,13-,14?,15?,16-/m1/s1. The van der Waals surface area contributed by atoms with Gasteiger partial charge >= 0.3 is 0 Å². The van der Waals surface area contributed by atoms with E-state index in [0.717, 1.165) is 0 Å². The van der Waals surface area contributed by atoms with Crippen LogP contribution >= 0.6 is 20.5 Å². The molecule has 0 N–H and O–H groups in total. The largest absolute Gasteiger partial charge is 0.756 e. The molecule has 0 aromatic carbocycles. The SMILES string of the molecule is [B][C@@H]1O[C@H](COC(C)C)C(OP(=O)([O-])OC[C@H]2O[C@@H]([B])CC2OC(C)C)C1S. The van der Waals surface area contributed by atoms with Gasteiger partial charge in [-0.2, -0.15) is 12.6 Å². The van der Waals surface area contributed by atoms with Crippen molar-refractivity contribution in [2.24, 2.45) is 0 Å². The molecule has 0 aromatic rings. The monoisotopic (exact) mass is 433 g/mol. The van der Waals surface area contributed by atoms with Crippen LogP contribution in [0.5, 0.6) is 0 Å². The molecule has 2 aliphatic rings. The highest BCUT2D eigenvalue weighted by Gasteiger charge is 2.43. The fourth-order valence-electron chi connectivity index (χ4n) is 3.05. The predicted octanol–water partition coefficient (Wildman–Crippen LogP) is 0.551. The van der Waals surface area contributed by atoms with Gasteiger partial charge in [-0.3, -0.25) is 4.57 Å². The zero-order valence-electron chi connectivity index (χ0n) is 16.6. The summed E-state index contributed by atoms with van der Waals surface area (Å²) in [6.07, 6.45) is -2.25. The fraction of sp³-hybridized carbons (Fsp3) is 1.00. The number of hydrogen-bond donors (Lipinski definition) is 1. The van der Waals surface area contributed by atoms with Crippen LogP contribution in [-0.2, 0) is 32.6 Å². The third-order valence-electron chi connectivity index (χ3n) is 4.29. The normalized spacial score (nSPS) is 38.4. The summed E-state index contributed by atoms with van der Waals surface area (Å²) in [4.78, 5) is 12.4. The van der Waals surface area contributed by atoms with E-state index in [1.54, 1.807) is 0 Å². The van der Waals surface area contributed by atoms with Gasteiger partial charge in [0.05, 0.1) is 31.5 Å².